The second kappa shape index (κ2) is 7.44. The van der Waals surface area contributed by atoms with E-state index in [1.807, 2.05) is 48.6 Å². The number of benzene rings is 2. The van der Waals surface area contributed by atoms with Gasteiger partial charge in [-0.2, -0.15) is 5.10 Å². The van der Waals surface area contributed by atoms with Crippen molar-refractivity contribution in [2.75, 3.05) is 13.6 Å². The van der Waals surface area contributed by atoms with Crippen LogP contribution >= 0.6 is 0 Å². The predicted octanol–water partition coefficient (Wildman–Crippen LogP) is 2.21. The fraction of sp³-hybridized carbons (Fsp3) is 0.105. The predicted molar refractivity (Wildman–Crippen MR) is 97.9 cm³/mol. The minimum Gasteiger partial charge on any atom is -0.358 e. The zero-order chi connectivity index (χ0) is 17.6. The van der Waals surface area contributed by atoms with Gasteiger partial charge in [0.2, 0.25) is 5.91 Å². The molecule has 0 aliphatic carbocycles. The Bertz CT molecular complexity index is 926. The molecule has 0 aliphatic heterocycles. The molecule has 25 heavy (non-hydrogen) atoms. The van der Waals surface area contributed by atoms with Crippen LogP contribution in [0.1, 0.15) is 21.6 Å². The number of amides is 2. The number of hydrogen-bond donors (Lipinski definition) is 3. The summed E-state index contributed by atoms with van der Waals surface area (Å²) in [5.41, 5.74) is 3.31. The fourth-order valence-corrected chi connectivity index (χ4v) is 2.38. The third kappa shape index (κ3) is 3.92. The number of H-pyrrole nitrogens is 1. The Labute approximate surface area is 144 Å². The van der Waals surface area contributed by atoms with Gasteiger partial charge in [-0.05, 0) is 29.8 Å². The van der Waals surface area contributed by atoms with E-state index in [0.717, 1.165) is 22.2 Å². The summed E-state index contributed by atoms with van der Waals surface area (Å²) in [6, 6.07) is 15.1. The average Bonchev–Trinajstić information content (AvgIpc) is 3.07. The molecule has 3 aromatic rings. The first-order chi connectivity index (χ1) is 12.2. The van der Waals surface area contributed by atoms with Crippen molar-refractivity contribution in [2.24, 2.45) is 0 Å². The quantitative estimate of drug-likeness (QED) is 0.668. The van der Waals surface area contributed by atoms with Gasteiger partial charge in [-0.1, -0.05) is 36.4 Å². The standard InChI is InChI=1S/C19H18N4O2/c1-20-18(24)12-21-19(25)14-9-6-13(7-10-14)8-11-17-15-4-2-3-5-16(15)22-23-17/h2-11H,12H2,1H3,(H,20,24)(H,21,25)(H,22,23). The number of aromatic amines is 1. The zero-order valence-corrected chi connectivity index (χ0v) is 13.7. The molecule has 0 saturated heterocycles. The van der Waals surface area contributed by atoms with E-state index in [0.29, 0.717) is 5.56 Å². The number of likely N-dealkylation sites (N-methyl/N-ethyl adjacent to an activating group) is 1. The topological polar surface area (TPSA) is 86.9 Å². The Morgan fingerprint density at radius 1 is 1.08 bits per heavy atom. The minimum atomic E-state index is -0.280. The first-order valence-corrected chi connectivity index (χ1v) is 7.87. The number of nitrogens with one attached hydrogen (secondary N) is 3. The number of para-hydroxylation sites is 1. The van der Waals surface area contributed by atoms with Crippen molar-refractivity contribution < 1.29 is 9.59 Å². The molecule has 0 fully saturated rings. The third-order valence-electron chi connectivity index (χ3n) is 3.79. The molecule has 0 atom stereocenters. The number of aromatic nitrogens is 2. The van der Waals surface area contributed by atoms with E-state index in [9.17, 15) is 9.59 Å². The van der Waals surface area contributed by atoms with E-state index in [1.165, 1.54) is 7.05 Å². The molecule has 0 spiro atoms. The number of carbonyl (C=O) groups excluding carboxylic acids is 2. The zero-order valence-electron chi connectivity index (χ0n) is 13.7. The summed E-state index contributed by atoms with van der Waals surface area (Å²) in [5.74, 6) is -0.517. The van der Waals surface area contributed by atoms with Gasteiger partial charge in [-0.25, -0.2) is 0 Å². The Morgan fingerprint density at radius 3 is 2.60 bits per heavy atom. The lowest BCUT2D eigenvalue weighted by Crippen LogP contribution is -2.35. The molecule has 1 aromatic heterocycles. The second-order valence-corrected chi connectivity index (χ2v) is 5.47. The molecule has 0 aliphatic rings. The summed E-state index contributed by atoms with van der Waals surface area (Å²) in [6.07, 6.45) is 3.87. The van der Waals surface area contributed by atoms with Crippen molar-refractivity contribution >= 4 is 34.9 Å². The molecule has 2 amide bonds. The average molecular weight is 334 g/mol. The molecular weight excluding hydrogens is 316 g/mol. The van der Waals surface area contributed by atoms with Gasteiger partial charge in [0.05, 0.1) is 17.8 Å². The number of rotatable bonds is 5. The molecule has 6 heteroatoms. The molecule has 126 valence electrons. The highest BCUT2D eigenvalue weighted by molar-refractivity contribution is 5.96. The van der Waals surface area contributed by atoms with E-state index in [1.54, 1.807) is 12.1 Å². The van der Waals surface area contributed by atoms with Crippen molar-refractivity contribution in [1.29, 1.82) is 0 Å². The molecule has 2 aromatic carbocycles. The Hall–Kier alpha value is -3.41. The lowest BCUT2D eigenvalue weighted by atomic mass is 10.1. The van der Waals surface area contributed by atoms with Crippen LogP contribution in [-0.2, 0) is 4.79 Å². The molecule has 3 N–H and O–H groups in total. The molecule has 0 unspecified atom stereocenters. The number of nitrogens with zero attached hydrogens (tertiary/aromatic N) is 1. The van der Waals surface area contributed by atoms with E-state index >= 15 is 0 Å². The van der Waals surface area contributed by atoms with Crippen molar-refractivity contribution in [3.63, 3.8) is 0 Å². The van der Waals surface area contributed by atoms with Crippen molar-refractivity contribution in [3.8, 4) is 0 Å². The Kier molecular flexibility index (Phi) is 4.89. The molecule has 6 nitrogen and oxygen atoms in total. The van der Waals surface area contributed by atoms with Crippen LogP contribution in [0.15, 0.2) is 48.5 Å². The Morgan fingerprint density at radius 2 is 1.84 bits per heavy atom. The summed E-state index contributed by atoms with van der Waals surface area (Å²) >= 11 is 0. The van der Waals surface area contributed by atoms with E-state index in [4.69, 9.17) is 0 Å². The van der Waals surface area contributed by atoms with Gasteiger partial charge in [-0.3, -0.25) is 14.7 Å². The maximum Gasteiger partial charge on any atom is 0.251 e. The van der Waals surface area contributed by atoms with Crippen LogP contribution in [0, 0.1) is 0 Å². The molecule has 3 rings (SSSR count). The first kappa shape index (κ1) is 16.4. The third-order valence-corrected chi connectivity index (χ3v) is 3.79. The van der Waals surface area contributed by atoms with Crippen LogP contribution in [0.3, 0.4) is 0 Å². The van der Waals surface area contributed by atoms with E-state index < -0.39 is 0 Å². The largest absolute Gasteiger partial charge is 0.358 e. The van der Waals surface area contributed by atoms with Gasteiger partial charge in [0.25, 0.3) is 5.91 Å². The van der Waals surface area contributed by atoms with Gasteiger partial charge in [0.1, 0.15) is 0 Å². The van der Waals surface area contributed by atoms with Gasteiger partial charge in [-0.15, -0.1) is 0 Å². The maximum absolute atomic E-state index is 11.9. The van der Waals surface area contributed by atoms with Gasteiger partial charge in [0.15, 0.2) is 0 Å². The highest BCUT2D eigenvalue weighted by atomic mass is 16.2. The molecule has 0 saturated carbocycles. The van der Waals surface area contributed by atoms with Crippen molar-refractivity contribution in [1.82, 2.24) is 20.8 Å². The van der Waals surface area contributed by atoms with E-state index in [2.05, 4.69) is 20.8 Å². The first-order valence-electron chi connectivity index (χ1n) is 7.87. The number of fused-ring (bicyclic) bond motifs is 1. The summed E-state index contributed by atoms with van der Waals surface area (Å²) in [4.78, 5) is 23.1. The van der Waals surface area contributed by atoms with E-state index in [-0.39, 0.29) is 18.4 Å². The van der Waals surface area contributed by atoms with Gasteiger partial charge >= 0.3 is 0 Å². The molecule has 0 bridgehead atoms. The summed E-state index contributed by atoms with van der Waals surface area (Å²) in [5, 5.41) is 13.4. The Balaban J connectivity index is 1.68. The second-order valence-electron chi connectivity index (χ2n) is 5.47. The lowest BCUT2D eigenvalue weighted by Gasteiger charge is -2.04. The van der Waals surface area contributed by atoms with Crippen molar-refractivity contribution in [3.05, 3.63) is 65.4 Å². The maximum atomic E-state index is 11.9. The highest BCUT2D eigenvalue weighted by Crippen LogP contribution is 2.17. The van der Waals surface area contributed by atoms with Crippen LogP contribution in [0.4, 0.5) is 0 Å². The lowest BCUT2D eigenvalue weighted by molar-refractivity contribution is -0.119. The summed E-state index contributed by atoms with van der Waals surface area (Å²) < 4.78 is 0. The normalized spacial score (nSPS) is 10.9. The highest BCUT2D eigenvalue weighted by Gasteiger charge is 2.06. The molecular formula is C19H18N4O2. The number of carbonyl (C=O) groups is 2. The van der Waals surface area contributed by atoms with Gasteiger partial charge in [0, 0.05) is 18.0 Å². The summed E-state index contributed by atoms with van der Waals surface area (Å²) in [7, 11) is 1.53. The SMILES string of the molecule is CNC(=O)CNC(=O)c1ccc(C=Cc2n[nH]c3ccccc23)cc1. The monoisotopic (exact) mass is 334 g/mol. The molecule has 1 heterocycles. The van der Waals surface area contributed by atoms with Gasteiger partial charge < -0.3 is 10.6 Å². The van der Waals surface area contributed by atoms with Crippen LogP contribution in [0.5, 0.6) is 0 Å². The number of hydrogen-bond acceptors (Lipinski definition) is 3. The van der Waals surface area contributed by atoms with Crippen LogP contribution in [0.25, 0.3) is 23.1 Å². The fourth-order valence-electron chi connectivity index (χ4n) is 2.38. The van der Waals surface area contributed by atoms with Crippen molar-refractivity contribution in [2.45, 2.75) is 0 Å². The van der Waals surface area contributed by atoms with Crippen LogP contribution < -0.4 is 10.6 Å². The van der Waals surface area contributed by atoms with Crippen LogP contribution in [0.2, 0.25) is 0 Å². The summed E-state index contributed by atoms with van der Waals surface area (Å²) in [6.45, 7) is -0.0385. The molecule has 0 radical (unpaired) electrons. The minimum absolute atomic E-state index is 0.0385. The van der Waals surface area contributed by atoms with Crippen LogP contribution in [-0.4, -0.2) is 35.6 Å². The smallest absolute Gasteiger partial charge is 0.251 e.